The van der Waals surface area contributed by atoms with Crippen molar-refractivity contribution in [3.8, 4) is 17.3 Å². The molecule has 0 unspecified atom stereocenters. The van der Waals surface area contributed by atoms with E-state index in [2.05, 4.69) is 41.6 Å². The molecular weight excluding hydrogens is 502 g/mol. The van der Waals surface area contributed by atoms with E-state index in [1.54, 1.807) is 45.6 Å². The Morgan fingerprint density at radius 3 is 2.62 bits per heavy atom. The summed E-state index contributed by atoms with van der Waals surface area (Å²) in [4.78, 5) is 30.6. The first-order valence-corrected chi connectivity index (χ1v) is 11.8. The Kier molecular flexibility index (Phi) is 7.86. The molecule has 9 nitrogen and oxygen atoms in total. The molecule has 3 aromatic heterocycles. The number of fused-ring (bicyclic) bond motifs is 1. The van der Waals surface area contributed by atoms with E-state index in [4.69, 9.17) is 5.26 Å². The van der Waals surface area contributed by atoms with Gasteiger partial charge in [-0.2, -0.15) is 5.26 Å². The number of carbonyl (C=O) groups is 1. The Morgan fingerprint density at radius 2 is 1.87 bits per heavy atom. The highest BCUT2D eigenvalue weighted by Gasteiger charge is 2.21. The van der Waals surface area contributed by atoms with Gasteiger partial charge in [0.05, 0.1) is 23.5 Å². The van der Waals surface area contributed by atoms with E-state index >= 15 is 0 Å². The third-order valence-corrected chi connectivity index (χ3v) is 5.84. The summed E-state index contributed by atoms with van der Waals surface area (Å²) in [6, 6.07) is 14.5. The average molecular weight is 527 g/mol. The Labute approximate surface area is 223 Å². The van der Waals surface area contributed by atoms with Crippen LogP contribution < -0.4 is 10.6 Å². The van der Waals surface area contributed by atoms with Gasteiger partial charge in [0.2, 0.25) is 0 Å². The summed E-state index contributed by atoms with van der Waals surface area (Å²) in [6.45, 7) is 3.35. The molecule has 0 aliphatic carbocycles. The van der Waals surface area contributed by atoms with Crippen LogP contribution in [0.25, 0.3) is 22.4 Å². The first-order valence-electron chi connectivity index (χ1n) is 11.8. The van der Waals surface area contributed by atoms with Crippen molar-refractivity contribution < 1.29 is 13.6 Å². The van der Waals surface area contributed by atoms with Crippen LogP contribution in [0.4, 0.5) is 26.0 Å². The molecule has 0 saturated carbocycles. The van der Waals surface area contributed by atoms with Crippen molar-refractivity contribution in [2.75, 3.05) is 17.7 Å². The van der Waals surface area contributed by atoms with Crippen LogP contribution in [0.5, 0.6) is 0 Å². The van der Waals surface area contributed by atoms with Gasteiger partial charge in [0.25, 0.3) is 0 Å². The van der Waals surface area contributed by atoms with Crippen molar-refractivity contribution >= 4 is 34.6 Å². The van der Waals surface area contributed by atoms with Gasteiger partial charge in [-0.05, 0) is 67.9 Å². The molecule has 5 rings (SSSR count). The average Bonchev–Trinajstić information content (AvgIpc) is 3.44. The zero-order valence-electron chi connectivity index (χ0n) is 21.3. The minimum atomic E-state index is -0.778. The van der Waals surface area contributed by atoms with Crippen LogP contribution in [0.1, 0.15) is 29.8 Å². The van der Waals surface area contributed by atoms with E-state index < -0.39 is 11.2 Å². The highest BCUT2D eigenvalue weighted by atomic mass is 19.1. The molecule has 0 spiro atoms. The number of nitrogens with one attached hydrogen (secondary N) is 3. The first-order chi connectivity index (χ1) is 18.7. The topological polar surface area (TPSA) is 132 Å². The monoisotopic (exact) mass is 526 g/mol. The van der Waals surface area contributed by atoms with Crippen LogP contribution in [-0.2, 0) is 5.41 Å². The van der Waals surface area contributed by atoms with Crippen molar-refractivity contribution in [2.45, 2.75) is 19.3 Å². The first kappa shape index (κ1) is 26.8. The molecule has 0 aliphatic rings. The molecule has 11 heteroatoms. The highest BCUT2D eigenvalue weighted by molar-refractivity contribution is 5.91. The number of aromatic nitrogens is 5. The van der Waals surface area contributed by atoms with Crippen molar-refractivity contribution in [1.29, 1.82) is 5.26 Å². The van der Waals surface area contributed by atoms with E-state index in [0.29, 0.717) is 40.4 Å². The molecule has 196 valence electrons. The lowest BCUT2D eigenvalue weighted by atomic mass is 9.85. The summed E-state index contributed by atoms with van der Waals surface area (Å²) in [5.74, 6) is -0.206. The number of anilines is 3. The normalized spacial score (nSPS) is 10.8. The fraction of sp³-hybridized carbons (Fsp3) is 0.143. The third-order valence-electron chi connectivity index (χ3n) is 5.84. The number of pyridine rings is 1. The molecule has 0 aliphatic heterocycles. The van der Waals surface area contributed by atoms with E-state index in [1.165, 1.54) is 24.5 Å². The number of nitrogens with zero attached hydrogens (tertiary/aromatic N) is 5. The Balaban J connectivity index is 0.000000215. The number of imidazole rings is 1. The Hall–Kier alpha value is -5.24. The highest BCUT2D eigenvalue weighted by Crippen LogP contribution is 2.31. The second-order valence-electron chi connectivity index (χ2n) is 8.92. The molecule has 0 fully saturated rings. The van der Waals surface area contributed by atoms with Gasteiger partial charge in [-0.25, -0.2) is 28.7 Å². The molecule has 5 aromatic rings. The van der Waals surface area contributed by atoms with Gasteiger partial charge in [0.1, 0.15) is 41.3 Å². The number of rotatable bonds is 6. The van der Waals surface area contributed by atoms with Crippen molar-refractivity contribution in [3.05, 3.63) is 90.1 Å². The van der Waals surface area contributed by atoms with Gasteiger partial charge in [-0.15, -0.1) is 0 Å². The van der Waals surface area contributed by atoms with E-state index in [1.807, 2.05) is 12.1 Å². The quantitative estimate of drug-likeness (QED) is 0.237. The predicted molar refractivity (Wildman–Crippen MR) is 145 cm³/mol. The summed E-state index contributed by atoms with van der Waals surface area (Å²) in [6.07, 6.45) is 5.29. The summed E-state index contributed by atoms with van der Waals surface area (Å²) in [7, 11) is 1.67. The van der Waals surface area contributed by atoms with Gasteiger partial charge in [-0.3, -0.25) is 4.79 Å². The fourth-order valence-electron chi connectivity index (χ4n) is 3.70. The minimum Gasteiger partial charge on any atom is -0.386 e. The number of hydrogen-bond acceptors (Lipinski definition) is 8. The number of benzene rings is 2. The van der Waals surface area contributed by atoms with Crippen LogP contribution in [-0.4, -0.2) is 38.3 Å². The number of H-pyrrole nitrogens is 1. The molecule has 0 bridgehead atoms. The molecule has 0 radical (unpaired) electrons. The maximum absolute atomic E-state index is 13.7. The molecule has 2 aromatic carbocycles. The predicted octanol–water partition coefficient (Wildman–Crippen LogP) is 5.78. The van der Waals surface area contributed by atoms with E-state index in [-0.39, 0.29) is 11.4 Å². The van der Waals surface area contributed by atoms with Crippen LogP contribution in [0.15, 0.2) is 67.4 Å². The van der Waals surface area contributed by atoms with Gasteiger partial charge in [-0.1, -0.05) is 0 Å². The second kappa shape index (κ2) is 11.4. The summed E-state index contributed by atoms with van der Waals surface area (Å²) in [5, 5.41) is 14.9. The van der Waals surface area contributed by atoms with Crippen molar-refractivity contribution in [1.82, 2.24) is 24.9 Å². The molecule has 3 heterocycles. The molecule has 0 saturated heterocycles. The zero-order chi connectivity index (χ0) is 28.0. The largest absolute Gasteiger partial charge is 0.386 e. The lowest BCUT2D eigenvalue weighted by molar-refractivity contribution is 0.112. The smallest absolute Gasteiger partial charge is 0.181 e. The molecule has 39 heavy (non-hydrogen) atoms. The van der Waals surface area contributed by atoms with E-state index in [0.717, 1.165) is 17.1 Å². The van der Waals surface area contributed by atoms with Crippen LogP contribution in [0, 0.1) is 23.0 Å². The van der Waals surface area contributed by atoms with Crippen LogP contribution in [0.2, 0.25) is 0 Å². The summed E-state index contributed by atoms with van der Waals surface area (Å²) >= 11 is 0. The molecule has 0 atom stereocenters. The number of carbonyl (C=O) groups excluding carboxylic acids is 1. The van der Waals surface area contributed by atoms with Crippen molar-refractivity contribution in [3.63, 3.8) is 0 Å². The summed E-state index contributed by atoms with van der Waals surface area (Å²) in [5.41, 5.74) is 3.89. The number of aldehydes is 1. The summed E-state index contributed by atoms with van der Waals surface area (Å²) < 4.78 is 26.7. The van der Waals surface area contributed by atoms with Crippen LogP contribution in [0.3, 0.4) is 0 Å². The minimum absolute atomic E-state index is 0.253. The van der Waals surface area contributed by atoms with Crippen LogP contribution >= 0.6 is 0 Å². The van der Waals surface area contributed by atoms with E-state index in [9.17, 15) is 13.6 Å². The number of hydrogen-bond donors (Lipinski definition) is 3. The SMILES string of the molecule is CC(C)(C#N)c1cc(F)cc(C=O)c1.CNc1cc(Nc2ncccc2-c2ncnc3nc[nH]c23)ccc1F. The van der Waals surface area contributed by atoms with Gasteiger partial charge < -0.3 is 15.6 Å². The molecular formula is C28H24F2N8O. The Bertz CT molecular complexity index is 1680. The second-order valence-corrected chi connectivity index (χ2v) is 8.92. The third kappa shape index (κ3) is 6.02. The number of aromatic amines is 1. The number of halogens is 2. The molecule has 3 N–H and O–H groups in total. The van der Waals surface area contributed by atoms with Crippen molar-refractivity contribution in [2.24, 2.45) is 0 Å². The lowest BCUT2D eigenvalue weighted by Crippen LogP contribution is -2.14. The Morgan fingerprint density at radius 1 is 1.05 bits per heavy atom. The maximum atomic E-state index is 13.7. The number of nitriles is 1. The van der Waals surface area contributed by atoms with Gasteiger partial charge >= 0.3 is 0 Å². The van der Waals surface area contributed by atoms with Gasteiger partial charge in [0, 0.05) is 30.1 Å². The molecule has 0 amide bonds. The standard InChI is InChI=1S/C17H14FN7.C11H10FNO/c1-19-13-7-10(4-5-12(13)18)25-16-11(3-2-6-20-16)14-15-17(23-8-21-14)24-9-22-15;1-11(2,7-13)9-3-8(6-14)4-10(12)5-9/h2-9,19H,1H3,(H,20,25)(H,21,22,23,24);3-6H,1-2H3. The lowest BCUT2D eigenvalue weighted by Gasteiger charge is -2.15. The fourth-order valence-corrected chi connectivity index (χ4v) is 3.70. The van der Waals surface area contributed by atoms with Gasteiger partial charge in [0.15, 0.2) is 5.65 Å². The zero-order valence-corrected chi connectivity index (χ0v) is 21.3. The maximum Gasteiger partial charge on any atom is 0.181 e.